The van der Waals surface area contributed by atoms with E-state index in [1.807, 2.05) is 13.0 Å². The van der Waals surface area contributed by atoms with Gasteiger partial charge in [0.2, 0.25) is 5.89 Å². The van der Waals surface area contributed by atoms with E-state index in [0.717, 1.165) is 17.0 Å². The maximum absolute atomic E-state index is 13.5. The normalized spacial score (nSPS) is 10.8. The Labute approximate surface area is 109 Å². The van der Waals surface area contributed by atoms with Crippen LogP contribution >= 0.6 is 11.8 Å². The average molecular weight is 267 g/mol. The van der Waals surface area contributed by atoms with Crippen molar-refractivity contribution in [3.63, 3.8) is 0 Å². The Kier molecular flexibility index (Phi) is 4.33. The number of nitrogens with one attached hydrogen (secondary N) is 1. The van der Waals surface area contributed by atoms with Gasteiger partial charge in [-0.1, -0.05) is 6.92 Å². The van der Waals surface area contributed by atoms with Gasteiger partial charge in [0.1, 0.15) is 5.82 Å². The third-order valence-corrected chi connectivity index (χ3v) is 3.03. The van der Waals surface area contributed by atoms with Crippen molar-refractivity contribution in [3.05, 3.63) is 35.5 Å². The van der Waals surface area contributed by atoms with Crippen molar-refractivity contribution in [2.75, 3.05) is 6.54 Å². The number of aromatic nitrogens is 2. The number of benzene rings is 1. The van der Waals surface area contributed by atoms with Gasteiger partial charge in [0.15, 0.2) is 0 Å². The van der Waals surface area contributed by atoms with Crippen LogP contribution in [0.4, 0.5) is 4.39 Å². The van der Waals surface area contributed by atoms with Gasteiger partial charge in [0.25, 0.3) is 5.22 Å². The van der Waals surface area contributed by atoms with Crippen molar-refractivity contribution >= 4 is 11.8 Å². The maximum Gasteiger partial charge on any atom is 0.281 e. The first-order chi connectivity index (χ1) is 8.67. The van der Waals surface area contributed by atoms with Crippen molar-refractivity contribution < 1.29 is 8.81 Å². The first-order valence-electron chi connectivity index (χ1n) is 5.65. The lowest BCUT2D eigenvalue weighted by Gasteiger charge is -2.04. The summed E-state index contributed by atoms with van der Waals surface area (Å²) >= 11 is 1.26. The van der Waals surface area contributed by atoms with E-state index in [1.54, 1.807) is 6.92 Å². The first kappa shape index (κ1) is 13.0. The molecule has 0 aliphatic carbocycles. The van der Waals surface area contributed by atoms with Crippen LogP contribution in [0.2, 0.25) is 0 Å². The molecule has 0 amide bonds. The molecule has 1 aromatic heterocycles. The Morgan fingerprint density at radius 3 is 2.83 bits per heavy atom. The molecule has 2 rings (SSSR count). The van der Waals surface area contributed by atoms with Crippen molar-refractivity contribution in [1.29, 1.82) is 0 Å². The lowest BCUT2D eigenvalue weighted by atomic mass is 10.2. The minimum atomic E-state index is -0.260. The van der Waals surface area contributed by atoms with E-state index in [-0.39, 0.29) is 5.82 Å². The Morgan fingerprint density at radius 2 is 2.17 bits per heavy atom. The number of rotatable bonds is 5. The second-order valence-corrected chi connectivity index (χ2v) is 4.79. The van der Waals surface area contributed by atoms with Crippen LogP contribution in [0.15, 0.2) is 32.7 Å². The third-order valence-electron chi connectivity index (χ3n) is 2.22. The summed E-state index contributed by atoms with van der Waals surface area (Å²) in [5, 5.41) is 11.2. The van der Waals surface area contributed by atoms with Crippen LogP contribution in [0.3, 0.4) is 0 Å². The predicted molar refractivity (Wildman–Crippen MR) is 66.9 cm³/mol. The quantitative estimate of drug-likeness (QED) is 0.902. The Hall–Kier alpha value is -1.40. The molecule has 18 heavy (non-hydrogen) atoms. The minimum Gasteiger partial charge on any atom is -0.416 e. The maximum atomic E-state index is 13.5. The number of aryl methyl sites for hydroxylation is 1. The van der Waals surface area contributed by atoms with Gasteiger partial charge in [0.05, 0.1) is 0 Å². The third kappa shape index (κ3) is 3.54. The molecule has 0 aliphatic rings. The summed E-state index contributed by atoms with van der Waals surface area (Å²) in [7, 11) is 0. The molecule has 0 atom stereocenters. The van der Waals surface area contributed by atoms with Gasteiger partial charge in [0, 0.05) is 18.4 Å². The predicted octanol–water partition coefficient (Wildman–Crippen LogP) is 2.78. The lowest BCUT2D eigenvalue weighted by molar-refractivity contribution is 0.429. The number of nitrogens with zero attached hydrogens (tertiary/aromatic N) is 2. The van der Waals surface area contributed by atoms with Crippen LogP contribution in [0.25, 0.3) is 0 Å². The molecule has 1 aromatic carbocycles. The Morgan fingerprint density at radius 1 is 1.33 bits per heavy atom. The van der Waals surface area contributed by atoms with Crippen LogP contribution in [-0.4, -0.2) is 16.7 Å². The van der Waals surface area contributed by atoms with Crippen LogP contribution < -0.4 is 5.32 Å². The van der Waals surface area contributed by atoms with E-state index >= 15 is 0 Å². The van der Waals surface area contributed by atoms with Gasteiger partial charge in [-0.3, -0.25) is 0 Å². The van der Waals surface area contributed by atoms with E-state index in [9.17, 15) is 4.39 Å². The largest absolute Gasteiger partial charge is 0.416 e. The summed E-state index contributed by atoms with van der Waals surface area (Å²) in [5.41, 5.74) is 0.899. The van der Waals surface area contributed by atoms with Crippen molar-refractivity contribution in [3.8, 4) is 0 Å². The van der Waals surface area contributed by atoms with Crippen molar-refractivity contribution in [2.45, 2.75) is 30.5 Å². The fraction of sp³-hybridized carbons (Fsp3) is 0.333. The number of halogens is 1. The molecule has 0 fully saturated rings. The van der Waals surface area contributed by atoms with Gasteiger partial charge >= 0.3 is 0 Å². The van der Waals surface area contributed by atoms with Gasteiger partial charge in [-0.2, -0.15) is 0 Å². The fourth-order valence-electron chi connectivity index (χ4n) is 1.47. The molecule has 0 aliphatic heterocycles. The van der Waals surface area contributed by atoms with Crippen LogP contribution in [0.5, 0.6) is 0 Å². The monoisotopic (exact) mass is 267 g/mol. The topological polar surface area (TPSA) is 51.0 Å². The highest BCUT2D eigenvalue weighted by Crippen LogP contribution is 2.27. The van der Waals surface area contributed by atoms with Crippen molar-refractivity contribution in [1.82, 2.24) is 15.5 Å². The molecule has 0 unspecified atom stereocenters. The molecular formula is C12H14FN3OS. The van der Waals surface area contributed by atoms with Gasteiger partial charge < -0.3 is 9.73 Å². The highest BCUT2D eigenvalue weighted by atomic mass is 32.2. The van der Waals surface area contributed by atoms with Crippen LogP contribution in [0.1, 0.15) is 18.4 Å². The zero-order valence-corrected chi connectivity index (χ0v) is 11.1. The zero-order chi connectivity index (χ0) is 13.0. The second kappa shape index (κ2) is 5.97. The summed E-state index contributed by atoms with van der Waals surface area (Å²) in [6.45, 7) is 5.22. The number of hydrogen-bond donors (Lipinski definition) is 1. The Balaban J connectivity index is 2.14. The summed E-state index contributed by atoms with van der Waals surface area (Å²) in [6.07, 6.45) is 0. The van der Waals surface area contributed by atoms with Gasteiger partial charge in [-0.05, 0) is 42.1 Å². The molecule has 96 valence electrons. The SMILES string of the molecule is CCNCc1cc(F)cc(Sc2nnc(C)o2)c1. The summed E-state index contributed by atoms with van der Waals surface area (Å²) in [6, 6.07) is 4.89. The molecule has 0 spiro atoms. The van der Waals surface area contributed by atoms with Gasteiger partial charge in [-0.25, -0.2) is 4.39 Å². The molecule has 6 heteroatoms. The molecule has 2 aromatic rings. The minimum absolute atomic E-state index is 0.260. The summed E-state index contributed by atoms with van der Waals surface area (Å²) < 4.78 is 18.7. The molecule has 0 saturated carbocycles. The highest BCUT2D eigenvalue weighted by molar-refractivity contribution is 7.99. The highest BCUT2D eigenvalue weighted by Gasteiger charge is 2.07. The zero-order valence-electron chi connectivity index (χ0n) is 10.2. The molecule has 0 saturated heterocycles. The van der Waals surface area contributed by atoms with Crippen LogP contribution in [0, 0.1) is 12.7 Å². The van der Waals surface area contributed by atoms with Crippen molar-refractivity contribution in [2.24, 2.45) is 0 Å². The summed E-state index contributed by atoms with van der Waals surface area (Å²) in [4.78, 5) is 0.756. The molecule has 0 radical (unpaired) electrons. The molecule has 1 N–H and O–H groups in total. The second-order valence-electron chi connectivity index (χ2n) is 3.76. The first-order valence-corrected chi connectivity index (χ1v) is 6.47. The van der Waals surface area contributed by atoms with Crippen LogP contribution in [-0.2, 0) is 6.54 Å². The Bertz CT molecular complexity index is 530. The van der Waals surface area contributed by atoms with E-state index in [4.69, 9.17) is 4.42 Å². The van der Waals surface area contributed by atoms with E-state index < -0.39 is 0 Å². The van der Waals surface area contributed by atoms with E-state index in [0.29, 0.717) is 17.7 Å². The standard InChI is InChI=1S/C12H14FN3OS/c1-3-14-7-9-4-10(13)6-11(5-9)18-12-16-15-8(2)17-12/h4-6,14H,3,7H2,1-2H3. The molecule has 4 nitrogen and oxygen atoms in total. The summed E-state index contributed by atoms with van der Waals surface area (Å²) in [5.74, 6) is 0.242. The fourth-order valence-corrected chi connectivity index (χ4v) is 2.30. The van der Waals surface area contributed by atoms with E-state index in [1.165, 1.54) is 23.9 Å². The van der Waals surface area contributed by atoms with Gasteiger partial charge in [-0.15, -0.1) is 10.2 Å². The molecular weight excluding hydrogens is 253 g/mol. The van der Waals surface area contributed by atoms with E-state index in [2.05, 4.69) is 15.5 Å². The smallest absolute Gasteiger partial charge is 0.281 e. The average Bonchev–Trinajstić information content (AvgIpc) is 2.71. The lowest BCUT2D eigenvalue weighted by Crippen LogP contribution is -2.11. The number of hydrogen-bond acceptors (Lipinski definition) is 5. The molecule has 1 heterocycles. The molecule has 0 bridgehead atoms.